The maximum Gasteiger partial charge on any atom is 0.0198 e. The molecule has 0 aromatic carbocycles. The van der Waals surface area contributed by atoms with Crippen LogP contribution in [0.3, 0.4) is 0 Å². The van der Waals surface area contributed by atoms with Gasteiger partial charge in [0, 0.05) is 9.52 Å². The fourth-order valence-corrected chi connectivity index (χ4v) is 4.19. The molecule has 0 heterocycles. The minimum atomic E-state index is 0.363. The Labute approximate surface area is 65.8 Å². The predicted molar refractivity (Wildman–Crippen MR) is 56.5 cm³/mol. The van der Waals surface area contributed by atoms with Gasteiger partial charge in [0.25, 0.3) is 0 Å². The van der Waals surface area contributed by atoms with E-state index >= 15 is 0 Å². The van der Waals surface area contributed by atoms with Gasteiger partial charge < -0.3 is 0 Å². The first-order valence-electron chi connectivity index (χ1n) is 3.82. The van der Waals surface area contributed by atoms with Gasteiger partial charge in [0.05, 0.1) is 0 Å². The molecule has 2 unspecified atom stereocenters. The van der Waals surface area contributed by atoms with Gasteiger partial charge in [0.1, 0.15) is 0 Å². The second kappa shape index (κ2) is 9.08. The largest absolute Gasteiger partial charge is 0.138 e. The minimum absolute atomic E-state index is 0.363. The summed E-state index contributed by atoms with van der Waals surface area (Å²) in [5, 5.41) is 0. The summed E-state index contributed by atoms with van der Waals surface area (Å²) in [6, 6.07) is 3.13. The molecule has 0 aromatic heterocycles. The fraction of sp³-hybridized carbons (Fsp3) is 1.00. The summed E-state index contributed by atoms with van der Waals surface area (Å²) in [6.45, 7) is 0. The molecule has 0 aliphatic heterocycles. The molecule has 2 atom stereocenters. The Kier molecular flexibility index (Phi) is 10.2. The van der Waals surface area contributed by atoms with Crippen molar-refractivity contribution in [2.24, 2.45) is 0 Å². The van der Waals surface area contributed by atoms with E-state index < -0.39 is 0 Å². The zero-order valence-electron chi connectivity index (χ0n) is 6.10. The molecule has 0 saturated carbocycles. The zero-order valence-corrected chi connectivity index (χ0v) is 9.83. The van der Waals surface area contributed by atoms with Crippen molar-refractivity contribution < 1.29 is 0 Å². The summed E-state index contributed by atoms with van der Waals surface area (Å²) < 4.78 is 0. The van der Waals surface area contributed by atoms with Gasteiger partial charge in [-0.2, -0.15) is 0 Å². The maximum atomic E-state index is 2.80. The van der Waals surface area contributed by atoms with Crippen LogP contribution in [0.15, 0.2) is 0 Å². The van der Waals surface area contributed by atoms with E-state index in [0.717, 1.165) is 0 Å². The van der Waals surface area contributed by atoms with Crippen molar-refractivity contribution in [1.29, 1.82) is 0 Å². The van der Waals surface area contributed by atoms with Gasteiger partial charge in [0.15, 0.2) is 0 Å². The second-order valence-electron chi connectivity index (χ2n) is 2.35. The van der Waals surface area contributed by atoms with Crippen molar-refractivity contribution in [2.75, 3.05) is 12.3 Å². The molecule has 0 aromatic rings. The van der Waals surface area contributed by atoms with Gasteiger partial charge in [0.2, 0.25) is 0 Å². The monoisotopic (exact) mass is 180 g/mol. The van der Waals surface area contributed by atoms with E-state index in [9.17, 15) is 0 Å². The molecule has 0 radical (unpaired) electrons. The third-order valence-corrected chi connectivity index (χ3v) is 4.22. The van der Waals surface area contributed by atoms with Crippen molar-refractivity contribution in [2.45, 2.75) is 24.9 Å². The van der Waals surface area contributed by atoms with Crippen LogP contribution in [0.1, 0.15) is 12.8 Å². The lowest BCUT2D eigenvalue weighted by Crippen LogP contribution is -1.89. The summed E-state index contributed by atoms with van der Waals surface area (Å²) in [5.41, 5.74) is 0. The van der Waals surface area contributed by atoms with E-state index in [2.05, 4.69) is 18.5 Å². The highest BCUT2D eigenvalue weighted by atomic mass is 31.0. The van der Waals surface area contributed by atoms with E-state index in [1.165, 1.54) is 25.2 Å². The lowest BCUT2D eigenvalue weighted by Gasteiger charge is -1.94. The molecule has 3 heteroatoms. The summed E-state index contributed by atoms with van der Waals surface area (Å²) in [5.74, 6) is 0. The highest BCUT2D eigenvalue weighted by Crippen LogP contribution is 1.99. The summed E-state index contributed by atoms with van der Waals surface area (Å²) in [4.78, 5) is 0. The van der Waals surface area contributed by atoms with E-state index in [0.29, 0.717) is 9.52 Å². The average molecular weight is 180 g/mol. The van der Waals surface area contributed by atoms with Crippen molar-refractivity contribution in [1.82, 2.24) is 0 Å². The predicted octanol–water partition coefficient (Wildman–Crippen LogP) is 1.52. The van der Waals surface area contributed by atoms with Crippen LogP contribution in [-0.2, 0) is 0 Å². The Hall–Kier alpha value is 1.08. The lowest BCUT2D eigenvalue weighted by molar-refractivity contribution is 1.04. The van der Waals surface area contributed by atoms with Crippen LogP contribution in [0.2, 0.25) is 12.1 Å². The molecule has 0 N–H and O–H groups in total. The first-order chi connectivity index (χ1) is 4.41. The smallest absolute Gasteiger partial charge is 0.0198 e. The molecule has 56 valence electrons. The molecule has 0 bridgehead atoms. The Morgan fingerprint density at radius 3 is 1.67 bits per heavy atom. The van der Waals surface area contributed by atoms with E-state index in [-0.39, 0.29) is 0 Å². The van der Waals surface area contributed by atoms with E-state index in [1.54, 1.807) is 12.1 Å². The lowest BCUT2D eigenvalue weighted by atomic mass is 10.6. The van der Waals surface area contributed by atoms with Crippen molar-refractivity contribution in [3.63, 3.8) is 0 Å². The third-order valence-electron chi connectivity index (χ3n) is 1.41. The molecule has 0 saturated heterocycles. The quantitative estimate of drug-likeness (QED) is 0.330. The average Bonchev–Trinajstić information content (AvgIpc) is 1.89. The first-order valence-corrected chi connectivity index (χ1v) is 7.45. The van der Waals surface area contributed by atoms with Gasteiger partial charge in [-0.25, -0.2) is 0 Å². The molecule has 9 heavy (non-hydrogen) atoms. The summed E-state index contributed by atoms with van der Waals surface area (Å²) >= 11 is 0. The molecule has 0 aliphatic carbocycles. The molecule has 0 amide bonds. The number of rotatable bonds is 6. The van der Waals surface area contributed by atoms with Crippen LogP contribution in [0.5, 0.6) is 0 Å². The van der Waals surface area contributed by atoms with Gasteiger partial charge in [-0.3, -0.25) is 0 Å². The summed E-state index contributed by atoms with van der Waals surface area (Å²) in [7, 11) is 5.95. The fourth-order valence-electron chi connectivity index (χ4n) is 0.819. The molecule has 0 fully saturated rings. The van der Waals surface area contributed by atoms with Gasteiger partial charge in [-0.05, 0) is 12.3 Å². The molecule has 0 aliphatic rings. The zero-order chi connectivity index (χ0) is 6.95. The maximum absolute atomic E-state index is 2.80. The van der Waals surface area contributed by atoms with Crippen molar-refractivity contribution in [3.05, 3.63) is 0 Å². The Morgan fingerprint density at radius 2 is 1.33 bits per heavy atom. The standard InChI is InChI=1S/C6H18P2Si/c7-3-1-5-9-6-2-4-8/h1-9H2. The van der Waals surface area contributed by atoms with Crippen LogP contribution >= 0.6 is 18.5 Å². The van der Waals surface area contributed by atoms with Crippen LogP contribution in [0, 0.1) is 0 Å². The molecule has 0 rings (SSSR count). The minimum Gasteiger partial charge on any atom is -0.138 e. The Morgan fingerprint density at radius 1 is 0.889 bits per heavy atom. The SMILES string of the molecule is PCCC[SiH2]CCCP. The molecular formula is C6H18P2Si. The highest BCUT2D eigenvalue weighted by molar-refractivity contribution is 7.16. The Balaban J connectivity index is 2.60. The molecular weight excluding hydrogens is 162 g/mol. The van der Waals surface area contributed by atoms with Crippen molar-refractivity contribution >= 4 is 28.0 Å². The topological polar surface area (TPSA) is 0 Å². The van der Waals surface area contributed by atoms with Gasteiger partial charge >= 0.3 is 0 Å². The number of hydrogen-bond acceptors (Lipinski definition) is 0. The normalized spacial score (nSPS) is 10.0. The molecule has 0 spiro atoms. The third kappa shape index (κ3) is 9.08. The first kappa shape index (κ1) is 10.1. The van der Waals surface area contributed by atoms with Crippen molar-refractivity contribution in [3.8, 4) is 0 Å². The Bertz CT molecular complexity index is 44.3. The number of hydrogen-bond donors (Lipinski definition) is 0. The molecule has 0 nitrogen and oxygen atoms in total. The van der Waals surface area contributed by atoms with E-state index in [4.69, 9.17) is 0 Å². The van der Waals surface area contributed by atoms with Gasteiger partial charge in [-0.15, -0.1) is 18.5 Å². The van der Waals surface area contributed by atoms with E-state index in [1.807, 2.05) is 0 Å². The second-order valence-corrected chi connectivity index (χ2v) is 5.62. The van der Waals surface area contributed by atoms with Crippen LogP contribution < -0.4 is 0 Å². The summed E-state index contributed by atoms with van der Waals surface area (Å²) in [6.07, 6.45) is 5.53. The van der Waals surface area contributed by atoms with Crippen LogP contribution in [0.25, 0.3) is 0 Å². The van der Waals surface area contributed by atoms with Gasteiger partial charge in [-0.1, -0.05) is 24.9 Å². The highest BCUT2D eigenvalue weighted by Gasteiger charge is 1.86. The van der Waals surface area contributed by atoms with Crippen LogP contribution in [-0.4, -0.2) is 21.8 Å². The van der Waals surface area contributed by atoms with Crippen LogP contribution in [0.4, 0.5) is 0 Å².